The average molecular weight is 356 g/mol. The molecular formula is C17H28N2O4S. The van der Waals surface area contributed by atoms with Crippen LogP contribution in [0.25, 0.3) is 0 Å². The zero-order chi connectivity index (χ0) is 18.3. The molecule has 0 aromatic heterocycles. The normalized spacial score (nSPS) is 11.2. The van der Waals surface area contributed by atoms with Crippen LogP contribution in [0, 0.1) is 6.92 Å². The van der Waals surface area contributed by atoms with E-state index in [1.54, 1.807) is 17.0 Å². The zero-order valence-electron chi connectivity index (χ0n) is 15.2. The molecule has 0 saturated heterocycles. The van der Waals surface area contributed by atoms with Gasteiger partial charge in [0.05, 0.1) is 19.1 Å². The first-order valence-electron chi connectivity index (χ1n) is 8.14. The molecule has 0 N–H and O–H groups in total. The molecule has 1 aromatic rings. The molecule has 1 rings (SSSR count). The highest BCUT2D eigenvalue weighted by Gasteiger charge is 2.26. The largest absolute Gasteiger partial charge is 0.495 e. The number of methoxy groups -OCH3 is 1. The molecular weight excluding hydrogens is 328 g/mol. The van der Waals surface area contributed by atoms with Gasteiger partial charge in [-0.2, -0.15) is 0 Å². The molecule has 0 aliphatic carbocycles. The highest BCUT2D eigenvalue weighted by molar-refractivity contribution is 7.92. The lowest BCUT2D eigenvalue weighted by Crippen LogP contribution is -2.43. The van der Waals surface area contributed by atoms with Gasteiger partial charge in [0.15, 0.2) is 0 Å². The van der Waals surface area contributed by atoms with E-state index in [-0.39, 0.29) is 12.5 Å². The molecule has 7 heteroatoms. The fourth-order valence-corrected chi connectivity index (χ4v) is 3.34. The van der Waals surface area contributed by atoms with Crippen LogP contribution in [0.2, 0.25) is 0 Å². The van der Waals surface area contributed by atoms with Crippen molar-refractivity contribution in [2.75, 3.05) is 37.3 Å². The summed E-state index contributed by atoms with van der Waals surface area (Å²) in [6, 6.07) is 5.27. The Balaban J connectivity index is 3.21. The van der Waals surface area contributed by atoms with Gasteiger partial charge in [0.1, 0.15) is 12.3 Å². The predicted octanol–water partition coefficient (Wildman–Crippen LogP) is 2.42. The molecule has 1 aromatic carbocycles. The third-order valence-corrected chi connectivity index (χ3v) is 4.75. The lowest BCUT2D eigenvalue weighted by atomic mass is 10.2. The van der Waals surface area contributed by atoms with Crippen molar-refractivity contribution in [2.24, 2.45) is 0 Å². The summed E-state index contributed by atoms with van der Waals surface area (Å²) in [5, 5.41) is 0. The Kier molecular flexibility index (Phi) is 7.54. The van der Waals surface area contributed by atoms with Gasteiger partial charge in [0.2, 0.25) is 15.9 Å². The van der Waals surface area contributed by atoms with E-state index in [0.29, 0.717) is 24.5 Å². The SMILES string of the molecule is CCCN(CCC)C(=O)CN(c1cc(C)ccc1OC)S(C)(=O)=O. The van der Waals surface area contributed by atoms with Gasteiger partial charge in [-0.25, -0.2) is 8.42 Å². The Hall–Kier alpha value is -1.76. The van der Waals surface area contributed by atoms with Crippen LogP contribution in [0.3, 0.4) is 0 Å². The van der Waals surface area contributed by atoms with Gasteiger partial charge in [-0.3, -0.25) is 9.10 Å². The maximum absolute atomic E-state index is 12.6. The van der Waals surface area contributed by atoms with Gasteiger partial charge in [-0.1, -0.05) is 19.9 Å². The summed E-state index contributed by atoms with van der Waals surface area (Å²) in [6.07, 6.45) is 2.77. The van der Waals surface area contributed by atoms with Crippen LogP contribution in [-0.4, -0.2) is 52.2 Å². The van der Waals surface area contributed by atoms with Crippen molar-refractivity contribution in [3.8, 4) is 5.75 Å². The molecule has 0 spiro atoms. The van der Waals surface area contributed by atoms with Crippen molar-refractivity contribution in [3.63, 3.8) is 0 Å². The summed E-state index contributed by atoms with van der Waals surface area (Å²) in [5.74, 6) is 0.226. The Bertz CT molecular complexity index is 653. The molecule has 0 fully saturated rings. The lowest BCUT2D eigenvalue weighted by molar-refractivity contribution is -0.129. The summed E-state index contributed by atoms with van der Waals surface area (Å²) in [6.45, 7) is 6.87. The molecule has 0 heterocycles. The maximum atomic E-state index is 12.6. The van der Waals surface area contributed by atoms with Crippen LogP contribution in [0.5, 0.6) is 5.75 Å². The van der Waals surface area contributed by atoms with E-state index < -0.39 is 10.0 Å². The van der Waals surface area contributed by atoms with Gasteiger partial charge in [0.25, 0.3) is 0 Å². The standard InChI is InChI=1S/C17H28N2O4S/c1-6-10-18(11-7-2)17(20)13-19(24(5,21)22)15-12-14(3)8-9-16(15)23-4/h8-9,12H,6-7,10-11,13H2,1-5H3. The van der Waals surface area contributed by atoms with E-state index >= 15 is 0 Å². The van der Waals surface area contributed by atoms with Crippen molar-refractivity contribution in [3.05, 3.63) is 23.8 Å². The number of aryl methyl sites for hydroxylation is 1. The van der Waals surface area contributed by atoms with E-state index in [9.17, 15) is 13.2 Å². The summed E-state index contributed by atoms with van der Waals surface area (Å²) >= 11 is 0. The summed E-state index contributed by atoms with van der Waals surface area (Å²) < 4.78 is 31.0. The second-order valence-corrected chi connectivity index (χ2v) is 7.73. The summed E-state index contributed by atoms with van der Waals surface area (Å²) in [4.78, 5) is 14.3. The quantitative estimate of drug-likeness (QED) is 0.681. The number of amides is 1. The average Bonchev–Trinajstić information content (AvgIpc) is 2.51. The second-order valence-electron chi connectivity index (χ2n) is 5.83. The fraction of sp³-hybridized carbons (Fsp3) is 0.588. The zero-order valence-corrected chi connectivity index (χ0v) is 16.0. The first-order valence-corrected chi connectivity index (χ1v) is 9.99. The minimum Gasteiger partial charge on any atom is -0.495 e. The number of sulfonamides is 1. The van der Waals surface area contributed by atoms with Crippen LogP contribution >= 0.6 is 0 Å². The number of ether oxygens (including phenoxy) is 1. The number of benzene rings is 1. The molecule has 1 amide bonds. The highest BCUT2D eigenvalue weighted by atomic mass is 32.2. The molecule has 0 unspecified atom stereocenters. The van der Waals surface area contributed by atoms with Gasteiger partial charge in [0, 0.05) is 13.1 Å². The van der Waals surface area contributed by atoms with Crippen molar-refractivity contribution in [1.82, 2.24) is 4.90 Å². The van der Waals surface area contributed by atoms with Crippen LogP contribution < -0.4 is 9.04 Å². The predicted molar refractivity (Wildman–Crippen MR) is 97.1 cm³/mol. The maximum Gasteiger partial charge on any atom is 0.243 e. The van der Waals surface area contributed by atoms with Crippen molar-refractivity contribution >= 4 is 21.6 Å². The smallest absolute Gasteiger partial charge is 0.243 e. The molecule has 0 atom stereocenters. The molecule has 6 nitrogen and oxygen atoms in total. The van der Waals surface area contributed by atoms with Crippen LogP contribution in [0.4, 0.5) is 5.69 Å². The number of nitrogens with zero attached hydrogens (tertiary/aromatic N) is 2. The second kappa shape index (κ2) is 8.92. The van der Waals surface area contributed by atoms with E-state index in [0.717, 1.165) is 29.0 Å². The minimum atomic E-state index is -3.62. The van der Waals surface area contributed by atoms with Gasteiger partial charge < -0.3 is 9.64 Å². The van der Waals surface area contributed by atoms with E-state index in [2.05, 4.69) is 0 Å². The van der Waals surface area contributed by atoms with Crippen LogP contribution in [0.1, 0.15) is 32.3 Å². The van der Waals surface area contributed by atoms with Crippen molar-refractivity contribution < 1.29 is 17.9 Å². The number of carbonyl (C=O) groups is 1. The Morgan fingerprint density at radius 3 is 2.21 bits per heavy atom. The van der Waals surface area contributed by atoms with E-state index in [1.165, 1.54) is 7.11 Å². The highest BCUT2D eigenvalue weighted by Crippen LogP contribution is 2.31. The summed E-state index contributed by atoms with van der Waals surface area (Å²) in [7, 11) is -2.14. The first kappa shape index (κ1) is 20.3. The molecule has 24 heavy (non-hydrogen) atoms. The lowest BCUT2D eigenvalue weighted by Gasteiger charge is -2.28. The Morgan fingerprint density at radius 2 is 1.75 bits per heavy atom. The Labute approximate surface area is 145 Å². The first-order chi connectivity index (χ1) is 11.2. The molecule has 0 radical (unpaired) electrons. The third-order valence-electron chi connectivity index (χ3n) is 3.62. The summed E-state index contributed by atoms with van der Waals surface area (Å²) in [5.41, 5.74) is 1.28. The molecule has 0 aliphatic heterocycles. The topological polar surface area (TPSA) is 66.9 Å². The van der Waals surface area contributed by atoms with Crippen LogP contribution in [0.15, 0.2) is 18.2 Å². The molecule has 0 saturated carbocycles. The molecule has 0 bridgehead atoms. The molecule has 136 valence electrons. The number of rotatable bonds is 9. The number of anilines is 1. The Morgan fingerprint density at radius 1 is 1.17 bits per heavy atom. The third kappa shape index (κ3) is 5.40. The van der Waals surface area contributed by atoms with Crippen molar-refractivity contribution in [2.45, 2.75) is 33.6 Å². The van der Waals surface area contributed by atoms with E-state index in [4.69, 9.17) is 4.74 Å². The van der Waals surface area contributed by atoms with Gasteiger partial charge in [-0.05, 0) is 37.5 Å². The number of hydrogen-bond acceptors (Lipinski definition) is 4. The number of carbonyl (C=O) groups excluding carboxylic acids is 1. The monoisotopic (exact) mass is 356 g/mol. The van der Waals surface area contributed by atoms with Crippen LogP contribution in [-0.2, 0) is 14.8 Å². The number of hydrogen-bond donors (Lipinski definition) is 0. The van der Waals surface area contributed by atoms with Gasteiger partial charge in [-0.15, -0.1) is 0 Å². The fourth-order valence-electron chi connectivity index (χ4n) is 2.50. The van der Waals surface area contributed by atoms with Crippen molar-refractivity contribution in [1.29, 1.82) is 0 Å². The molecule has 0 aliphatic rings. The van der Waals surface area contributed by atoms with E-state index in [1.807, 2.05) is 26.8 Å². The van der Waals surface area contributed by atoms with Gasteiger partial charge >= 0.3 is 0 Å². The minimum absolute atomic E-state index is 0.201.